The fraction of sp³-hybridized carbons (Fsp3) is 0.868. The summed E-state index contributed by atoms with van der Waals surface area (Å²) in [6.45, 7) is 3.18. The zero-order valence-electron chi connectivity index (χ0n) is 40.8. The summed E-state index contributed by atoms with van der Waals surface area (Å²) in [6.07, 6.45) is 39.8. The molecule has 64 heavy (non-hydrogen) atoms. The van der Waals surface area contributed by atoms with Crippen LogP contribution in [0.1, 0.15) is 226 Å². The molecule has 376 valence electrons. The van der Waals surface area contributed by atoms with E-state index in [0.717, 1.165) is 32.1 Å². The third-order valence-electron chi connectivity index (χ3n) is 12.7. The molecule has 9 unspecified atom stereocenters. The number of aliphatic hydroxyl groups excluding tert-OH is 7. The van der Waals surface area contributed by atoms with E-state index in [1.165, 1.54) is 148 Å². The average molecular weight is 910 g/mol. The second kappa shape index (κ2) is 42.7. The molecular weight excluding hydrogens is 811 g/mol. The highest BCUT2D eigenvalue weighted by molar-refractivity contribution is 5.80. The van der Waals surface area contributed by atoms with Gasteiger partial charge in [-0.3, -0.25) is 4.79 Å². The normalized spacial score (nSPS) is 21.3. The van der Waals surface area contributed by atoms with Gasteiger partial charge in [0, 0.05) is 0 Å². The summed E-state index contributed by atoms with van der Waals surface area (Å²) in [5, 5.41) is 75.4. The Hall–Kier alpha value is -1.67. The third-order valence-corrected chi connectivity index (χ3v) is 12.7. The Morgan fingerprint density at radius 2 is 1.00 bits per heavy atom. The van der Waals surface area contributed by atoms with Crippen molar-refractivity contribution in [2.45, 2.75) is 281 Å². The molecule has 0 saturated carbocycles. The molecular formula is C53H99NO10. The third kappa shape index (κ3) is 31.3. The molecule has 11 heteroatoms. The number of unbranched alkanes of at least 4 members (excludes halogenated alkanes) is 27. The first kappa shape index (κ1) is 60.3. The van der Waals surface area contributed by atoms with Crippen LogP contribution in [-0.4, -0.2) is 110 Å². The number of rotatable bonds is 44. The van der Waals surface area contributed by atoms with Gasteiger partial charge in [-0.05, 0) is 71.1 Å². The van der Waals surface area contributed by atoms with Crippen LogP contribution in [0.15, 0.2) is 36.5 Å². The standard InChI is InChI=1S/C53H99NO10/c1-3-5-7-9-11-13-14-15-16-17-18-19-20-21-22-23-24-25-26-27-28-29-30-31-32-33-35-37-39-41-46(57)52(62)54-44(43-63-53-51(61)50(60)49(59)47(42-55)64-53)48(58)45(56)40-38-36-34-12-10-8-6-4-2/h4,6,12,21-22,34,44-51,53,55-61H,3,5,7-11,13-20,23-33,35-43H2,1-2H3,(H,54,62)/b6-4+,22-21-,34-12+. The van der Waals surface area contributed by atoms with Crippen molar-refractivity contribution < 1.29 is 50.0 Å². The van der Waals surface area contributed by atoms with Crippen LogP contribution in [0.3, 0.4) is 0 Å². The molecule has 0 spiro atoms. The summed E-state index contributed by atoms with van der Waals surface area (Å²) in [7, 11) is 0. The summed E-state index contributed by atoms with van der Waals surface area (Å²) in [5.74, 6) is -0.713. The minimum Gasteiger partial charge on any atom is -0.394 e. The molecule has 11 nitrogen and oxygen atoms in total. The van der Waals surface area contributed by atoms with Gasteiger partial charge in [0.05, 0.1) is 25.4 Å². The maximum Gasteiger partial charge on any atom is 0.249 e. The van der Waals surface area contributed by atoms with Gasteiger partial charge in [-0.15, -0.1) is 0 Å². The first-order valence-electron chi connectivity index (χ1n) is 26.4. The van der Waals surface area contributed by atoms with Crippen LogP contribution < -0.4 is 5.32 Å². The molecule has 0 aromatic heterocycles. The van der Waals surface area contributed by atoms with E-state index in [4.69, 9.17) is 9.47 Å². The van der Waals surface area contributed by atoms with E-state index in [0.29, 0.717) is 19.3 Å². The van der Waals surface area contributed by atoms with E-state index in [9.17, 15) is 40.5 Å². The quantitative estimate of drug-likeness (QED) is 0.0216. The number of nitrogens with one attached hydrogen (secondary N) is 1. The Bertz CT molecular complexity index is 1130. The molecule has 1 amide bonds. The zero-order chi connectivity index (χ0) is 46.9. The van der Waals surface area contributed by atoms with E-state index in [1.807, 2.05) is 19.1 Å². The topological polar surface area (TPSA) is 189 Å². The smallest absolute Gasteiger partial charge is 0.249 e. The highest BCUT2D eigenvalue weighted by Crippen LogP contribution is 2.23. The van der Waals surface area contributed by atoms with E-state index in [-0.39, 0.29) is 12.8 Å². The second-order valence-corrected chi connectivity index (χ2v) is 18.6. The molecule has 0 radical (unpaired) electrons. The van der Waals surface area contributed by atoms with Crippen molar-refractivity contribution >= 4 is 5.91 Å². The highest BCUT2D eigenvalue weighted by Gasteiger charge is 2.44. The van der Waals surface area contributed by atoms with Crippen molar-refractivity contribution in [1.82, 2.24) is 5.32 Å². The highest BCUT2D eigenvalue weighted by atomic mass is 16.7. The minimum absolute atomic E-state index is 0.243. The van der Waals surface area contributed by atoms with Crippen molar-refractivity contribution in [2.24, 2.45) is 0 Å². The lowest BCUT2D eigenvalue weighted by Gasteiger charge is -2.40. The van der Waals surface area contributed by atoms with Gasteiger partial charge in [0.2, 0.25) is 5.91 Å². The molecule has 1 rings (SSSR count). The second-order valence-electron chi connectivity index (χ2n) is 18.6. The predicted octanol–water partition coefficient (Wildman–Crippen LogP) is 9.95. The molecule has 0 bridgehead atoms. The molecule has 9 atom stereocenters. The van der Waals surface area contributed by atoms with Crippen LogP contribution in [0.4, 0.5) is 0 Å². The number of aliphatic hydroxyl groups is 7. The number of hydrogen-bond acceptors (Lipinski definition) is 10. The minimum atomic E-state index is -1.67. The zero-order valence-corrected chi connectivity index (χ0v) is 40.8. The number of ether oxygens (including phenoxy) is 2. The van der Waals surface area contributed by atoms with Crippen LogP contribution in [0.25, 0.3) is 0 Å². The van der Waals surface area contributed by atoms with E-state index in [2.05, 4.69) is 36.5 Å². The Balaban J connectivity index is 2.20. The Morgan fingerprint density at radius 1 is 0.562 bits per heavy atom. The van der Waals surface area contributed by atoms with Crippen molar-refractivity contribution in [3.63, 3.8) is 0 Å². The van der Waals surface area contributed by atoms with Gasteiger partial charge in [0.1, 0.15) is 36.6 Å². The lowest BCUT2D eigenvalue weighted by atomic mass is 9.98. The first-order chi connectivity index (χ1) is 31.2. The van der Waals surface area contributed by atoms with Gasteiger partial charge in [-0.2, -0.15) is 0 Å². The summed E-state index contributed by atoms with van der Waals surface area (Å²) in [5.41, 5.74) is 0. The lowest BCUT2D eigenvalue weighted by Crippen LogP contribution is -2.60. The van der Waals surface area contributed by atoms with Gasteiger partial charge in [-0.1, -0.05) is 191 Å². The monoisotopic (exact) mass is 910 g/mol. The fourth-order valence-corrected chi connectivity index (χ4v) is 8.40. The molecule has 1 heterocycles. The van der Waals surface area contributed by atoms with Gasteiger partial charge in [-0.25, -0.2) is 0 Å². The van der Waals surface area contributed by atoms with E-state index >= 15 is 0 Å². The maximum atomic E-state index is 13.1. The van der Waals surface area contributed by atoms with Crippen LogP contribution >= 0.6 is 0 Å². The Labute approximate surface area is 390 Å². The number of carbonyl (C=O) groups is 1. The lowest BCUT2D eigenvalue weighted by molar-refractivity contribution is -0.303. The first-order valence-corrected chi connectivity index (χ1v) is 26.4. The molecule has 0 aliphatic carbocycles. The van der Waals surface area contributed by atoms with Crippen LogP contribution in [-0.2, 0) is 14.3 Å². The van der Waals surface area contributed by atoms with Gasteiger partial charge in [0.15, 0.2) is 6.29 Å². The van der Waals surface area contributed by atoms with Crippen molar-refractivity contribution in [2.75, 3.05) is 13.2 Å². The Morgan fingerprint density at radius 3 is 1.48 bits per heavy atom. The molecule has 0 aromatic carbocycles. The number of hydrogen-bond donors (Lipinski definition) is 8. The van der Waals surface area contributed by atoms with Crippen LogP contribution in [0.2, 0.25) is 0 Å². The van der Waals surface area contributed by atoms with E-state index < -0.39 is 74.2 Å². The van der Waals surface area contributed by atoms with Crippen molar-refractivity contribution in [3.8, 4) is 0 Å². The summed E-state index contributed by atoms with van der Waals surface area (Å²) < 4.78 is 11.0. The van der Waals surface area contributed by atoms with E-state index in [1.54, 1.807) is 0 Å². The molecule has 8 N–H and O–H groups in total. The summed E-state index contributed by atoms with van der Waals surface area (Å²) in [4.78, 5) is 13.1. The number of carbonyl (C=O) groups excluding carboxylic acids is 1. The van der Waals surface area contributed by atoms with Crippen LogP contribution in [0, 0.1) is 0 Å². The predicted molar refractivity (Wildman–Crippen MR) is 261 cm³/mol. The van der Waals surface area contributed by atoms with Crippen molar-refractivity contribution in [3.05, 3.63) is 36.5 Å². The maximum absolute atomic E-state index is 13.1. The molecule has 0 aromatic rings. The average Bonchev–Trinajstić information content (AvgIpc) is 3.29. The SMILES string of the molecule is C/C=C/CC/C=C/CCCC(O)C(O)C(COC1OC(CO)C(O)C(O)C1O)NC(=O)C(O)CCCCCCCCCCCCCCC/C=C\CCCCCCCCCCCCCC. The van der Waals surface area contributed by atoms with Crippen LogP contribution in [0.5, 0.6) is 0 Å². The Kier molecular flexibility index (Phi) is 40.2. The van der Waals surface area contributed by atoms with Gasteiger partial charge in [0.25, 0.3) is 0 Å². The number of amides is 1. The summed E-state index contributed by atoms with van der Waals surface area (Å²) in [6, 6.07) is -1.19. The summed E-state index contributed by atoms with van der Waals surface area (Å²) >= 11 is 0. The van der Waals surface area contributed by atoms with Gasteiger partial charge >= 0.3 is 0 Å². The van der Waals surface area contributed by atoms with Crippen molar-refractivity contribution in [1.29, 1.82) is 0 Å². The van der Waals surface area contributed by atoms with Gasteiger partial charge < -0.3 is 50.5 Å². The largest absolute Gasteiger partial charge is 0.394 e. The molecule has 1 aliphatic rings. The molecule has 1 saturated heterocycles. The molecule has 1 aliphatic heterocycles. The number of allylic oxidation sites excluding steroid dienone is 6. The fourth-order valence-electron chi connectivity index (χ4n) is 8.40. The molecule has 1 fully saturated rings.